The Balaban J connectivity index is 1.75. The number of rotatable bonds is 7. The van der Waals surface area contributed by atoms with Crippen molar-refractivity contribution in [3.63, 3.8) is 0 Å². The highest BCUT2D eigenvalue weighted by Crippen LogP contribution is 2.31. The first-order valence-corrected chi connectivity index (χ1v) is 8.73. The molecule has 10 heteroatoms. The van der Waals surface area contributed by atoms with Gasteiger partial charge in [0.05, 0.1) is 12.8 Å². The molecule has 0 saturated carbocycles. The standard InChI is InChI=1S/C20H18F4N2O4/c1-29-14-5-7-15(8-6-14)30-11-12-3-2-4-13(9-12)18(27)26-20(28,19(23)24)10-16(25-26)17(21)22/h2-10,17,19,25,28H,11H2,1H3. The lowest BCUT2D eigenvalue weighted by molar-refractivity contribution is -0.146. The minimum atomic E-state index is -3.51. The molecular weight excluding hydrogens is 408 g/mol. The molecule has 0 aliphatic carbocycles. The van der Waals surface area contributed by atoms with Crippen LogP contribution in [0.25, 0.3) is 0 Å². The fourth-order valence-corrected chi connectivity index (χ4v) is 2.79. The predicted octanol–water partition coefficient (Wildman–Crippen LogP) is 3.34. The van der Waals surface area contributed by atoms with Gasteiger partial charge in [0.2, 0.25) is 5.72 Å². The Kier molecular flexibility index (Phi) is 6.16. The summed E-state index contributed by atoms with van der Waals surface area (Å²) in [7, 11) is 1.53. The quantitative estimate of drug-likeness (QED) is 0.665. The molecule has 0 radical (unpaired) electrons. The summed E-state index contributed by atoms with van der Waals surface area (Å²) in [6.45, 7) is 0.0561. The van der Waals surface area contributed by atoms with E-state index >= 15 is 0 Å². The topological polar surface area (TPSA) is 71.0 Å². The Hall–Kier alpha value is -3.27. The monoisotopic (exact) mass is 426 g/mol. The van der Waals surface area contributed by atoms with Crippen molar-refractivity contribution in [3.8, 4) is 11.5 Å². The molecule has 0 fully saturated rings. The van der Waals surface area contributed by atoms with E-state index in [-0.39, 0.29) is 23.3 Å². The number of carbonyl (C=O) groups is 1. The number of nitrogens with zero attached hydrogens (tertiary/aromatic N) is 1. The van der Waals surface area contributed by atoms with E-state index in [1.165, 1.54) is 25.3 Å². The lowest BCUT2D eigenvalue weighted by Crippen LogP contribution is -2.56. The van der Waals surface area contributed by atoms with E-state index < -0.39 is 30.2 Å². The van der Waals surface area contributed by atoms with Gasteiger partial charge in [0.25, 0.3) is 18.8 Å². The molecule has 0 bridgehead atoms. The molecule has 1 aliphatic rings. The molecule has 2 N–H and O–H groups in total. The summed E-state index contributed by atoms with van der Waals surface area (Å²) in [6.07, 6.45) is -6.43. The Bertz CT molecular complexity index is 937. The van der Waals surface area contributed by atoms with E-state index in [1.54, 1.807) is 30.3 Å². The van der Waals surface area contributed by atoms with Crippen molar-refractivity contribution in [2.24, 2.45) is 0 Å². The van der Waals surface area contributed by atoms with Crippen molar-refractivity contribution in [1.82, 2.24) is 10.4 Å². The van der Waals surface area contributed by atoms with Gasteiger partial charge in [0, 0.05) is 11.6 Å². The van der Waals surface area contributed by atoms with Gasteiger partial charge in [-0.25, -0.2) is 22.6 Å². The molecule has 2 aromatic rings. The number of hydrogen-bond acceptors (Lipinski definition) is 5. The number of aliphatic hydroxyl groups is 1. The summed E-state index contributed by atoms with van der Waals surface area (Å²) in [5, 5.41) is 10.2. The maximum Gasteiger partial charge on any atom is 0.291 e. The molecule has 30 heavy (non-hydrogen) atoms. The number of halogens is 4. The molecule has 1 unspecified atom stereocenters. The van der Waals surface area contributed by atoms with Crippen LogP contribution in [-0.2, 0) is 6.61 Å². The Labute approximate surface area is 169 Å². The Morgan fingerprint density at radius 1 is 1.13 bits per heavy atom. The summed E-state index contributed by atoms with van der Waals surface area (Å²) in [5.74, 6) is 0.0823. The SMILES string of the molecule is COc1ccc(OCc2cccc(C(=O)N3NC(C(F)F)=CC3(O)C(F)F)c2)cc1. The Morgan fingerprint density at radius 2 is 1.80 bits per heavy atom. The third-order valence-corrected chi connectivity index (χ3v) is 4.37. The maximum atomic E-state index is 13.3. The average Bonchev–Trinajstić information content (AvgIpc) is 3.11. The molecular formula is C20H18F4N2O4. The van der Waals surface area contributed by atoms with Crippen molar-refractivity contribution in [1.29, 1.82) is 0 Å². The third kappa shape index (κ3) is 4.33. The minimum absolute atomic E-state index is 0.0561. The van der Waals surface area contributed by atoms with Gasteiger partial charge in [-0.05, 0) is 42.0 Å². The van der Waals surface area contributed by atoms with E-state index in [1.807, 2.05) is 5.43 Å². The van der Waals surface area contributed by atoms with Gasteiger partial charge in [-0.3, -0.25) is 10.2 Å². The van der Waals surface area contributed by atoms with Crippen LogP contribution in [-0.4, -0.2) is 41.7 Å². The number of hydrazine groups is 1. The summed E-state index contributed by atoms with van der Waals surface area (Å²) in [5.41, 5.74) is -1.88. The van der Waals surface area contributed by atoms with Gasteiger partial charge in [0.1, 0.15) is 18.1 Å². The molecule has 2 aromatic carbocycles. The van der Waals surface area contributed by atoms with Crippen molar-refractivity contribution in [2.75, 3.05) is 7.11 Å². The second kappa shape index (κ2) is 8.62. The molecule has 3 rings (SSSR count). The second-order valence-electron chi connectivity index (χ2n) is 6.40. The van der Waals surface area contributed by atoms with Crippen molar-refractivity contribution in [2.45, 2.75) is 25.2 Å². The van der Waals surface area contributed by atoms with E-state index in [4.69, 9.17) is 9.47 Å². The first-order chi connectivity index (χ1) is 14.2. The van der Waals surface area contributed by atoms with Crippen molar-refractivity contribution >= 4 is 5.91 Å². The number of nitrogens with one attached hydrogen (secondary N) is 1. The van der Waals surface area contributed by atoms with Gasteiger partial charge >= 0.3 is 0 Å². The van der Waals surface area contributed by atoms with Crippen LogP contribution in [0.2, 0.25) is 0 Å². The maximum absolute atomic E-state index is 13.3. The lowest BCUT2D eigenvalue weighted by atomic mass is 10.1. The zero-order chi connectivity index (χ0) is 21.9. The summed E-state index contributed by atoms with van der Waals surface area (Å²) < 4.78 is 63.1. The minimum Gasteiger partial charge on any atom is -0.497 e. The summed E-state index contributed by atoms with van der Waals surface area (Å²) in [6, 6.07) is 12.6. The van der Waals surface area contributed by atoms with Crippen molar-refractivity contribution < 1.29 is 36.9 Å². The highest BCUT2D eigenvalue weighted by molar-refractivity contribution is 5.95. The molecule has 0 spiro atoms. The summed E-state index contributed by atoms with van der Waals surface area (Å²) >= 11 is 0. The van der Waals surface area contributed by atoms with Crippen molar-refractivity contribution in [3.05, 3.63) is 71.4 Å². The zero-order valence-corrected chi connectivity index (χ0v) is 15.7. The fraction of sp³-hybridized carbons (Fsp3) is 0.250. The first kappa shape index (κ1) is 21.4. The number of benzene rings is 2. The highest BCUT2D eigenvalue weighted by Gasteiger charge is 2.51. The molecule has 1 heterocycles. The third-order valence-electron chi connectivity index (χ3n) is 4.37. The largest absolute Gasteiger partial charge is 0.497 e. The van der Waals surface area contributed by atoms with Crippen LogP contribution < -0.4 is 14.9 Å². The number of carbonyl (C=O) groups excluding carboxylic acids is 1. The average molecular weight is 426 g/mol. The normalized spacial score (nSPS) is 18.4. The van der Waals surface area contributed by atoms with E-state index in [0.29, 0.717) is 17.1 Å². The van der Waals surface area contributed by atoms with Crippen LogP contribution >= 0.6 is 0 Å². The van der Waals surface area contributed by atoms with Crippen LogP contribution in [0.1, 0.15) is 15.9 Å². The zero-order valence-electron chi connectivity index (χ0n) is 15.7. The van der Waals surface area contributed by atoms with Crippen LogP contribution in [0.3, 0.4) is 0 Å². The number of alkyl halides is 4. The van der Waals surface area contributed by atoms with Gasteiger partial charge < -0.3 is 14.6 Å². The van der Waals surface area contributed by atoms with E-state index in [0.717, 1.165) is 0 Å². The first-order valence-electron chi connectivity index (χ1n) is 8.73. The molecule has 1 amide bonds. The smallest absolute Gasteiger partial charge is 0.291 e. The van der Waals surface area contributed by atoms with Gasteiger partial charge in [0.15, 0.2) is 0 Å². The van der Waals surface area contributed by atoms with E-state index in [9.17, 15) is 27.5 Å². The number of ether oxygens (including phenoxy) is 2. The van der Waals surface area contributed by atoms with Crippen LogP contribution in [0, 0.1) is 0 Å². The Morgan fingerprint density at radius 3 is 2.40 bits per heavy atom. The van der Waals surface area contributed by atoms with Gasteiger partial charge in [-0.2, -0.15) is 0 Å². The molecule has 160 valence electrons. The summed E-state index contributed by atoms with van der Waals surface area (Å²) in [4.78, 5) is 12.7. The molecule has 0 saturated heterocycles. The number of allylic oxidation sites excluding steroid dienone is 1. The highest BCUT2D eigenvalue weighted by atomic mass is 19.3. The molecule has 0 aromatic heterocycles. The number of hydrogen-bond donors (Lipinski definition) is 2. The molecule has 1 atom stereocenters. The number of methoxy groups -OCH3 is 1. The van der Waals surface area contributed by atoms with Crippen LogP contribution in [0.15, 0.2) is 60.3 Å². The predicted molar refractivity (Wildman–Crippen MR) is 98.1 cm³/mol. The second-order valence-corrected chi connectivity index (χ2v) is 6.40. The van der Waals surface area contributed by atoms with Gasteiger partial charge in [-0.15, -0.1) is 0 Å². The number of amides is 1. The lowest BCUT2D eigenvalue weighted by Gasteiger charge is -2.31. The van der Waals surface area contributed by atoms with Crippen LogP contribution in [0.5, 0.6) is 11.5 Å². The van der Waals surface area contributed by atoms with Gasteiger partial charge in [-0.1, -0.05) is 12.1 Å². The van der Waals surface area contributed by atoms with Crippen LogP contribution in [0.4, 0.5) is 17.6 Å². The molecule has 1 aliphatic heterocycles. The van der Waals surface area contributed by atoms with E-state index in [2.05, 4.69) is 0 Å². The fourth-order valence-electron chi connectivity index (χ4n) is 2.79. The molecule has 6 nitrogen and oxygen atoms in total.